The molecule has 0 atom stereocenters. The Balaban J connectivity index is 2.22. The molecule has 3 N–H and O–H groups in total. The lowest BCUT2D eigenvalue weighted by Gasteiger charge is -2.08. The minimum absolute atomic E-state index is 0.438. The van der Waals surface area contributed by atoms with Gasteiger partial charge in [-0.1, -0.05) is 0 Å². The third kappa shape index (κ3) is 2.63. The van der Waals surface area contributed by atoms with Crippen molar-refractivity contribution in [2.75, 3.05) is 18.2 Å². The first-order chi connectivity index (χ1) is 8.19. The van der Waals surface area contributed by atoms with Crippen LogP contribution in [0.2, 0.25) is 0 Å². The first kappa shape index (κ1) is 11.2. The van der Waals surface area contributed by atoms with Crippen molar-refractivity contribution in [1.82, 2.24) is 9.97 Å². The number of hydrogen-bond acceptors (Lipinski definition) is 5. The molecule has 2 rings (SSSR count). The SMILES string of the molecule is COc1ccc(Nc2nccc(N)n2)cc1C. The van der Waals surface area contributed by atoms with Crippen molar-refractivity contribution in [3.8, 4) is 5.75 Å². The molecule has 5 nitrogen and oxygen atoms in total. The van der Waals surface area contributed by atoms with Crippen molar-refractivity contribution in [2.45, 2.75) is 6.92 Å². The van der Waals surface area contributed by atoms with Crippen LogP contribution in [-0.2, 0) is 0 Å². The van der Waals surface area contributed by atoms with Crippen LogP contribution in [0.1, 0.15) is 5.56 Å². The summed E-state index contributed by atoms with van der Waals surface area (Å²) in [7, 11) is 1.65. The van der Waals surface area contributed by atoms with E-state index in [9.17, 15) is 0 Å². The van der Waals surface area contributed by atoms with Gasteiger partial charge in [-0.2, -0.15) is 4.98 Å². The summed E-state index contributed by atoms with van der Waals surface area (Å²) < 4.78 is 5.19. The molecule has 0 aliphatic heterocycles. The van der Waals surface area contributed by atoms with Crippen molar-refractivity contribution in [3.05, 3.63) is 36.0 Å². The van der Waals surface area contributed by atoms with Crippen LogP contribution in [0, 0.1) is 6.92 Å². The summed E-state index contributed by atoms with van der Waals surface area (Å²) in [5, 5.41) is 3.08. The molecule has 1 aromatic carbocycles. The van der Waals surface area contributed by atoms with E-state index < -0.39 is 0 Å². The van der Waals surface area contributed by atoms with Gasteiger partial charge in [0.05, 0.1) is 7.11 Å². The minimum atomic E-state index is 0.438. The molecule has 0 unspecified atom stereocenters. The lowest BCUT2D eigenvalue weighted by atomic mass is 10.2. The summed E-state index contributed by atoms with van der Waals surface area (Å²) in [6, 6.07) is 7.40. The van der Waals surface area contributed by atoms with Crippen LogP contribution in [0.4, 0.5) is 17.5 Å². The highest BCUT2D eigenvalue weighted by atomic mass is 16.5. The molecule has 0 fully saturated rings. The van der Waals surface area contributed by atoms with E-state index >= 15 is 0 Å². The zero-order chi connectivity index (χ0) is 12.3. The van der Waals surface area contributed by atoms with Crippen molar-refractivity contribution >= 4 is 17.5 Å². The molecule has 0 saturated heterocycles. The molecule has 0 spiro atoms. The van der Waals surface area contributed by atoms with Crippen LogP contribution in [0.25, 0.3) is 0 Å². The molecular formula is C12H14N4O. The lowest BCUT2D eigenvalue weighted by Crippen LogP contribution is -1.99. The van der Waals surface area contributed by atoms with E-state index in [0.717, 1.165) is 17.0 Å². The summed E-state index contributed by atoms with van der Waals surface area (Å²) >= 11 is 0. The fourth-order valence-corrected chi connectivity index (χ4v) is 1.52. The fraction of sp³-hybridized carbons (Fsp3) is 0.167. The second-order valence-electron chi connectivity index (χ2n) is 3.61. The van der Waals surface area contributed by atoms with Gasteiger partial charge in [0.2, 0.25) is 5.95 Å². The number of benzene rings is 1. The second kappa shape index (κ2) is 4.69. The van der Waals surface area contributed by atoms with Gasteiger partial charge in [-0.05, 0) is 36.8 Å². The van der Waals surface area contributed by atoms with E-state index in [4.69, 9.17) is 10.5 Å². The summed E-state index contributed by atoms with van der Waals surface area (Å²) in [6.45, 7) is 1.98. The number of nitrogen functional groups attached to an aromatic ring is 1. The summed E-state index contributed by atoms with van der Waals surface area (Å²) in [4.78, 5) is 8.14. The zero-order valence-electron chi connectivity index (χ0n) is 9.77. The molecular weight excluding hydrogens is 216 g/mol. The highest BCUT2D eigenvalue weighted by Crippen LogP contribution is 2.22. The molecule has 0 bridgehead atoms. The largest absolute Gasteiger partial charge is 0.496 e. The van der Waals surface area contributed by atoms with Gasteiger partial charge in [-0.25, -0.2) is 4.98 Å². The fourth-order valence-electron chi connectivity index (χ4n) is 1.52. The van der Waals surface area contributed by atoms with Gasteiger partial charge in [0.15, 0.2) is 0 Å². The van der Waals surface area contributed by atoms with Gasteiger partial charge < -0.3 is 15.8 Å². The maximum absolute atomic E-state index is 5.58. The molecule has 5 heteroatoms. The number of ether oxygens (including phenoxy) is 1. The van der Waals surface area contributed by atoms with Gasteiger partial charge in [-0.3, -0.25) is 0 Å². The van der Waals surface area contributed by atoms with Crippen LogP contribution >= 0.6 is 0 Å². The summed E-state index contributed by atoms with van der Waals surface area (Å²) in [5.41, 5.74) is 7.52. The predicted octanol–water partition coefficient (Wildman–Crippen LogP) is 2.12. The quantitative estimate of drug-likeness (QED) is 0.844. The van der Waals surface area contributed by atoms with Gasteiger partial charge in [-0.15, -0.1) is 0 Å². The summed E-state index contributed by atoms with van der Waals surface area (Å²) in [5.74, 6) is 1.77. The molecule has 0 aliphatic rings. The maximum Gasteiger partial charge on any atom is 0.229 e. The Bertz CT molecular complexity index is 528. The first-order valence-corrected chi connectivity index (χ1v) is 5.19. The molecule has 88 valence electrons. The van der Waals surface area contributed by atoms with E-state index in [2.05, 4.69) is 15.3 Å². The normalized spacial score (nSPS) is 10.0. The van der Waals surface area contributed by atoms with Crippen LogP contribution in [-0.4, -0.2) is 17.1 Å². The summed E-state index contributed by atoms with van der Waals surface area (Å²) in [6.07, 6.45) is 1.61. The van der Waals surface area contributed by atoms with Gasteiger partial charge in [0.1, 0.15) is 11.6 Å². The van der Waals surface area contributed by atoms with E-state index in [1.54, 1.807) is 19.4 Å². The van der Waals surface area contributed by atoms with Gasteiger partial charge >= 0.3 is 0 Å². The van der Waals surface area contributed by atoms with E-state index in [-0.39, 0.29) is 0 Å². The van der Waals surface area contributed by atoms with Gasteiger partial charge in [0.25, 0.3) is 0 Å². The number of nitrogens with zero attached hydrogens (tertiary/aromatic N) is 2. The van der Waals surface area contributed by atoms with Crippen LogP contribution in [0.3, 0.4) is 0 Å². The Morgan fingerprint density at radius 1 is 1.29 bits per heavy atom. The van der Waals surface area contributed by atoms with Crippen LogP contribution in [0.5, 0.6) is 5.75 Å². The Labute approximate surface area is 99.7 Å². The van der Waals surface area contributed by atoms with Crippen molar-refractivity contribution in [2.24, 2.45) is 0 Å². The highest BCUT2D eigenvalue weighted by molar-refractivity contribution is 5.57. The predicted molar refractivity (Wildman–Crippen MR) is 67.5 cm³/mol. The minimum Gasteiger partial charge on any atom is -0.496 e. The number of anilines is 3. The molecule has 1 heterocycles. The van der Waals surface area contributed by atoms with Crippen LogP contribution in [0.15, 0.2) is 30.5 Å². The molecule has 0 saturated carbocycles. The third-order valence-electron chi connectivity index (χ3n) is 2.33. The number of rotatable bonds is 3. The Morgan fingerprint density at radius 3 is 2.76 bits per heavy atom. The number of nitrogens with two attached hydrogens (primary N) is 1. The highest BCUT2D eigenvalue weighted by Gasteiger charge is 2.01. The first-order valence-electron chi connectivity index (χ1n) is 5.19. The maximum atomic E-state index is 5.58. The zero-order valence-corrected chi connectivity index (χ0v) is 9.77. The smallest absolute Gasteiger partial charge is 0.229 e. The monoisotopic (exact) mass is 230 g/mol. The molecule has 17 heavy (non-hydrogen) atoms. The molecule has 1 aromatic heterocycles. The third-order valence-corrected chi connectivity index (χ3v) is 2.33. The molecule has 0 amide bonds. The molecule has 2 aromatic rings. The van der Waals surface area contributed by atoms with Gasteiger partial charge in [0, 0.05) is 11.9 Å². The van der Waals surface area contributed by atoms with E-state index in [0.29, 0.717) is 11.8 Å². The number of aryl methyl sites for hydroxylation is 1. The van der Waals surface area contributed by atoms with Crippen molar-refractivity contribution in [3.63, 3.8) is 0 Å². The van der Waals surface area contributed by atoms with Crippen molar-refractivity contribution < 1.29 is 4.74 Å². The van der Waals surface area contributed by atoms with Crippen molar-refractivity contribution in [1.29, 1.82) is 0 Å². The lowest BCUT2D eigenvalue weighted by molar-refractivity contribution is 0.412. The van der Waals surface area contributed by atoms with E-state index in [1.807, 2.05) is 25.1 Å². The Morgan fingerprint density at radius 2 is 2.12 bits per heavy atom. The molecule has 0 aliphatic carbocycles. The van der Waals surface area contributed by atoms with E-state index in [1.165, 1.54) is 0 Å². The number of nitrogens with one attached hydrogen (secondary N) is 1. The molecule has 0 radical (unpaired) electrons. The Kier molecular flexibility index (Phi) is 3.09. The van der Waals surface area contributed by atoms with Crippen LogP contribution < -0.4 is 15.8 Å². The number of aromatic nitrogens is 2. The second-order valence-corrected chi connectivity index (χ2v) is 3.61. The topological polar surface area (TPSA) is 73.1 Å². The number of hydrogen-bond donors (Lipinski definition) is 2. The standard InChI is InChI=1S/C12H14N4O/c1-8-7-9(3-4-10(8)17-2)15-12-14-6-5-11(13)16-12/h3-7H,1-2H3,(H3,13,14,15,16). The average Bonchev–Trinajstić information content (AvgIpc) is 2.29. The average molecular weight is 230 g/mol. The number of methoxy groups -OCH3 is 1. The Hall–Kier alpha value is -2.30.